The zero-order valence-corrected chi connectivity index (χ0v) is 15.5. The molecule has 6 heteroatoms. The maximum Gasteiger partial charge on any atom is 0.224 e. The van der Waals surface area contributed by atoms with Gasteiger partial charge in [-0.3, -0.25) is 0 Å². The number of hydrogen-bond acceptors (Lipinski definition) is 5. The zero-order valence-electron chi connectivity index (χ0n) is 14.8. The molecule has 25 heavy (non-hydrogen) atoms. The molecule has 0 saturated carbocycles. The van der Waals surface area contributed by atoms with E-state index in [2.05, 4.69) is 38.1 Å². The number of unbranched alkanes of at least 4 members (excludes halogenated alkanes) is 2. The van der Waals surface area contributed by atoms with E-state index >= 15 is 0 Å². The SMILES string of the molecule is CCCCCNc1nccc(N2CCN(c3cccc(Cl)c3)CC2)n1. The normalized spacial score (nSPS) is 14.6. The number of anilines is 3. The van der Waals surface area contributed by atoms with Gasteiger partial charge in [0.25, 0.3) is 0 Å². The molecule has 1 aromatic carbocycles. The van der Waals surface area contributed by atoms with E-state index in [9.17, 15) is 0 Å². The molecule has 0 amide bonds. The molecule has 0 bridgehead atoms. The van der Waals surface area contributed by atoms with E-state index < -0.39 is 0 Å². The van der Waals surface area contributed by atoms with E-state index in [0.717, 1.165) is 55.9 Å². The van der Waals surface area contributed by atoms with Crippen LogP contribution in [0.5, 0.6) is 0 Å². The third-order valence-electron chi connectivity index (χ3n) is 4.48. The molecule has 134 valence electrons. The Hall–Kier alpha value is -2.01. The highest BCUT2D eigenvalue weighted by atomic mass is 35.5. The Kier molecular flexibility index (Phi) is 6.34. The summed E-state index contributed by atoms with van der Waals surface area (Å²) >= 11 is 6.11. The van der Waals surface area contributed by atoms with Crippen LogP contribution < -0.4 is 15.1 Å². The van der Waals surface area contributed by atoms with Crippen molar-refractivity contribution in [2.75, 3.05) is 47.8 Å². The average molecular weight is 360 g/mol. The van der Waals surface area contributed by atoms with Gasteiger partial charge in [-0.05, 0) is 30.7 Å². The van der Waals surface area contributed by atoms with E-state index in [0.29, 0.717) is 0 Å². The molecule has 1 N–H and O–H groups in total. The fraction of sp³-hybridized carbons (Fsp3) is 0.474. The van der Waals surface area contributed by atoms with Crippen molar-refractivity contribution in [1.29, 1.82) is 0 Å². The van der Waals surface area contributed by atoms with Crippen LogP contribution >= 0.6 is 11.6 Å². The molecule has 0 atom stereocenters. The van der Waals surface area contributed by atoms with Gasteiger partial charge >= 0.3 is 0 Å². The zero-order chi connectivity index (χ0) is 17.5. The number of nitrogens with zero attached hydrogens (tertiary/aromatic N) is 4. The van der Waals surface area contributed by atoms with Crippen molar-refractivity contribution in [1.82, 2.24) is 9.97 Å². The van der Waals surface area contributed by atoms with Crippen LogP contribution in [0.25, 0.3) is 0 Å². The second-order valence-corrected chi connectivity index (χ2v) is 6.76. The van der Waals surface area contributed by atoms with E-state index in [1.54, 1.807) is 0 Å². The Morgan fingerprint density at radius 3 is 2.64 bits per heavy atom. The van der Waals surface area contributed by atoms with Gasteiger partial charge in [0.05, 0.1) is 0 Å². The molecule has 0 spiro atoms. The summed E-state index contributed by atoms with van der Waals surface area (Å²) in [7, 11) is 0. The number of aromatic nitrogens is 2. The lowest BCUT2D eigenvalue weighted by Gasteiger charge is -2.36. The molecule has 2 aromatic rings. The van der Waals surface area contributed by atoms with Crippen molar-refractivity contribution in [3.05, 3.63) is 41.6 Å². The molecule has 0 aliphatic carbocycles. The van der Waals surface area contributed by atoms with Crippen molar-refractivity contribution in [3.63, 3.8) is 0 Å². The van der Waals surface area contributed by atoms with E-state index in [4.69, 9.17) is 11.6 Å². The molecule has 1 saturated heterocycles. The quantitative estimate of drug-likeness (QED) is 0.755. The fourth-order valence-electron chi connectivity index (χ4n) is 3.05. The van der Waals surface area contributed by atoms with E-state index in [1.165, 1.54) is 18.5 Å². The van der Waals surface area contributed by atoms with Gasteiger partial charge in [-0.2, -0.15) is 4.98 Å². The van der Waals surface area contributed by atoms with Crippen LogP contribution in [0.2, 0.25) is 5.02 Å². The van der Waals surface area contributed by atoms with Gasteiger partial charge < -0.3 is 15.1 Å². The Balaban J connectivity index is 1.55. The standard InChI is InChI=1S/C19H26ClN5/c1-2-3-4-9-21-19-22-10-8-18(23-19)25-13-11-24(12-14-25)17-7-5-6-16(20)15-17/h5-8,10,15H,2-4,9,11-14H2,1H3,(H,21,22,23). The van der Waals surface area contributed by atoms with Crippen LogP contribution in [0.1, 0.15) is 26.2 Å². The molecule has 0 unspecified atom stereocenters. The summed E-state index contributed by atoms with van der Waals surface area (Å²) in [5.41, 5.74) is 1.19. The van der Waals surface area contributed by atoms with Crippen molar-refractivity contribution in [2.24, 2.45) is 0 Å². The van der Waals surface area contributed by atoms with Gasteiger partial charge in [0, 0.05) is 49.6 Å². The highest BCUT2D eigenvalue weighted by molar-refractivity contribution is 6.30. The lowest BCUT2D eigenvalue weighted by molar-refractivity contribution is 0.647. The molecule has 5 nitrogen and oxygen atoms in total. The Bertz CT molecular complexity index is 670. The van der Waals surface area contributed by atoms with Gasteiger partial charge in [0.2, 0.25) is 5.95 Å². The summed E-state index contributed by atoms with van der Waals surface area (Å²) in [6.45, 7) is 6.95. The molecule has 3 rings (SSSR count). The fourth-order valence-corrected chi connectivity index (χ4v) is 3.24. The molecular formula is C19H26ClN5. The minimum absolute atomic E-state index is 0.728. The summed E-state index contributed by atoms with van der Waals surface area (Å²) in [5.74, 6) is 1.73. The van der Waals surface area contributed by atoms with Crippen molar-refractivity contribution < 1.29 is 0 Å². The van der Waals surface area contributed by atoms with Crippen molar-refractivity contribution >= 4 is 29.1 Å². The average Bonchev–Trinajstić information content (AvgIpc) is 2.66. The predicted octanol–water partition coefficient (Wildman–Crippen LogP) is 4.06. The van der Waals surface area contributed by atoms with Gasteiger partial charge in [-0.1, -0.05) is 37.4 Å². The van der Waals surface area contributed by atoms with Crippen LogP contribution in [-0.2, 0) is 0 Å². The first kappa shape index (κ1) is 17.8. The van der Waals surface area contributed by atoms with Gasteiger partial charge in [0.1, 0.15) is 5.82 Å². The second kappa shape index (κ2) is 8.90. The van der Waals surface area contributed by atoms with Crippen LogP contribution in [0.15, 0.2) is 36.5 Å². The van der Waals surface area contributed by atoms with E-state index in [-0.39, 0.29) is 0 Å². The van der Waals surface area contributed by atoms with Gasteiger partial charge in [-0.25, -0.2) is 4.98 Å². The second-order valence-electron chi connectivity index (χ2n) is 6.33. The number of halogens is 1. The van der Waals surface area contributed by atoms with Crippen LogP contribution in [-0.4, -0.2) is 42.7 Å². The summed E-state index contributed by atoms with van der Waals surface area (Å²) in [5, 5.41) is 4.11. The molecule has 2 heterocycles. The predicted molar refractivity (Wildman–Crippen MR) is 106 cm³/mol. The molecule has 1 aromatic heterocycles. The van der Waals surface area contributed by atoms with Gasteiger partial charge in [0.15, 0.2) is 0 Å². The highest BCUT2D eigenvalue weighted by Gasteiger charge is 2.18. The monoisotopic (exact) mass is 359 g/mol. The van der Waals surface area contributed by atoms with Crippen LogP contribution in [0.3, 0.4) is 0 Å². The van der Waals surface area contributed by atoms with Crippen LogP contribution in [0.4, 0.5) is 17.5 Å². The van der Waals surface area contributed by atoms with Crippen LogP contribution in [0, 0.1) is 0 Å². The summed E-state index contributed by atoms with van der Waals surface area (Å²) in [4.78, 5) is 13.7. The topological polar surface area (TPSA) is 44.3 Å². The number of rotatable bonds is 7. The lowest BCUT2D eigenvalue weighted by Crippen LogP contribution is -2.46. The lowest BCUT2D eigenvalue weighted by atomic mass is 10.2. The summed E-state index contributed by atoms with van der Waals surface area (Å²) in [6.07, 6.45) is 5.45. The van der Waals surface area contributed by atoms with Gasteiger partial charge in [-0.15, -0.1) is 0 Å². The highest BCUT2D eigenvalue weighted by Crippen LogP contribution is 2.22. The van der Waals surface area contributed by atoms with E-state index in [1.807, 2.05) is 30.5 Å². The number of nitrogens with one attached hydrogen (secondary N) is 1. The third-order valence-corrected chi connectivity index (χ3v) is 4.72. The molecule has 1 aliphatic rings. The minimum atomic E-state index is 0.728. The number of piperazine rings is 1. The molecule has 0 radical (unpaired) electrons. The van der Waals surface area contributed by atoms with Crippen molar-refractivity contribution in [3.8, 4) is 0 Å². The molecular weight excluding hydrogens is 334 g/mol. The molecule has 1 fully saturated rings. The first-order chi connectivity index (χ1) is 12.3. The third kappa shape index (κ3) is 4.98. The smallest absolute Gasteiger partial charge is 0.224 e. The summed E-state index contributed by atoms with van der Waals surface area (Å²) < 4.78 is 0. The summed E-state index contributed by atoms with van der Waals surface area (Å²) in [6, 6.07) is 10.1. The first-order valence-electron chi connectivity index (χ1n) is 9.08. The number of hydrogen-bond donors (Lipinski definition) is 1. The first-order valence-corrected chi connectivity index (χ1v) is 9.46. The molecule has 1 aliphatic heterocycles. The van der Waals surface area contributed by atoms with Crippen molar-refractivity contribution in [2.45, 2.75) is 26.2 Å². The Labute approximate surface area is 155 Å². The maximum atomic E-state index is 6.11. The Morgan fingerprint density at radius 2 is 1.88 bits per heavy atom. The minimum Gasteiger partial charge on any atom is -0.368 e. The number of benzene rings is 1. The Morgan fingerprint density at radius 1 is 1.08 bits per heavy atom. The maximum absolute atomic E-state index is 6.11. The largest absolute Gasteiger partial charge is 0.368 e.